The van der Waals surface area contributed by atoms with Crippen LogP contribution in [0.4, 0.5) is 11.4 Å². The number of hydrogen-bond acceptors (Lipinski definition) is 4. The highest BCUT2D eigenvalue weighted by atomic mass is 79.9. The number of para-hydroxylation sites is 1. The smallest absolute Gasteiger partial charge is 0.253 e. The van der Waals surface area contributed by atoms with E-state index in [1.807, 2.05) is 37.3 Å². The van der Waals surface area contributed by atoms with Crippen molar-refractivity contribution in [1.29, 1.82) is 0 Å². The van der Waals surface area contributed by atoms with Gasteiger partial charge in [-0.15, -0.1) is 0 Å². The second kappa shape index (κ2) is 10.6. The SMILES string of the molecule is CC(NC(=O)c1ccccc1NC(=O)CN(c1cccc(Br)c1)S(C)(=O)=O)c1ccccc1. The van der Waals surface area contributed by atoms with Gasteiger partial charge in [0.05, 0.1) is 29.2 Å². The van der Waals surface area contributed by atoms with E-state index in [0.717, 1.165) is 16.1 Å². The molecule has 2 amide bonds. The maximum absolute atomic E-state index is 12.9. The van der Waals surface area contributed by atoms with Gasteiger partial charge < -0.3 is 10.6 Å². The molecule has 0 fully saturated rings. The summed E-state index contributed by atoms with van der Waals surface area (Å²) in [6.45, 7) is 1.43. The van der Waals surface area contributed by atoms with Crippen LogP contribution < -0.4 is 14.9 Å². The second-order valence-electron chi connectivity index (χ2n) is 7.45. The van der Waals surface area contributed by atoms with Gasteiger partial charge in [-0.3, -0.25) is 13.9 Å². The van der Waals surface area contributed by atoms with Crippen LogP contribution in [0.5, 0.6) is 0 Å². The van der Waals surface area contributed by atoms with Gasteiger partial charge in [0.25, 0.3) is 5.91 Å². The lowest BCUT2D eigenvalue weighted by Crippen LogP contribution is -2.37. The number of benzene rings is 3. The lowest BCUT2D eigenvalue weighted by Gasteiger charge is -2.22. The highest BCUT2D eigenvalue weighted by molar-refractivity contribution is 9.10. The Bertz CT molecular complexity index is 1250. The summed E-state index contributed by atoms with van der Waals surface area (Å²) in [6, 6.07) is 22.5. The number of carbonyl (C=O) groups is 2. The average molecular weight is 530 g/mol. The topological polar surface area (TPSA) is 95.6 Å². The van der Waals surface area contributed by atoms with Crippen LogP contribution in [-0.4, -0.2) is 33.0 Å². The van der Waals surface area contributed by atoms with Crippen molar-refractivity contribution >= 4 is 49.1 Å². The molecule has 0 heterocycles. The minimum atomic E-state index is -3.72. The Morgan fingerprint density at radius 2 is 1.64 bits per heavy atom. The molecule has 7 nitrogen and oxygen atoms in total. The first-order valence-electron chi connectivity index (χ1n) is 10.1. The lowest BCUT2D eigenvalue weighted by atomic mass is 10.1. The first kappa shape index (κ1) is 24.5. The number of rotatable bonds is 8. The van der Waals surface area contributed by atoms with Crippen molar-refractivity contribution in [2.24, 2.45) is 0 Å². The Balaban J connectivity index is 1.77. The van der Waals surface area contributed by atoms with Gasteiger partial charge in [0, 0.05) is 4.47 Å². The third kappa shape index (κ3) is 6.66. The Hall–Kier alpha value is -3.17. The predicted octanol–water partition coefficient (Wildman–Crippen LogP) is 4.34. The van der Waals surface area contributed by atoms with Crippen LogP contribution in [0.3, 0.4) is 0 Å². The first-order chi connectivity index (χ1) is 15.6. The number of sulfonamides is 1. The average Bonchev–Trinajstić information content (AvgIpc) is 2.77. The molecule has 3 rings (SSSR count). The molecule has 3 aromatic rings. The van der Waals surface area contributed by atoms with E-state index >= 15 is 0 Å². The molecular weight excluding hydrogens is 506 g/mol. The highest BCUT2D eigenvalue weighted by Crippen LogP contribution is 2.23. The summed E-state index contributed by atoms with van der Waals surface area (Å²) in [7, 11) is -3.72. The van der Waals surface area contributed by atoms with Gasteiger partial charge in [-0.2, -0.15) is 0 Å². The van der Waals surface area contributed by atoms with E-state index in [2.05, 4.69) is 26.6 Å². The summed E-state index contributed by atoms with van der Waals surface area (Å²) >= 11 is 3.31. The number of anilines is 2. The Morgan fingerprint density at radius 3 is 2.30 bits per heavy atom. The number of carbonyl (C=O) groups excluding carboxylic acids is 2. The zero-order chi connectivity index (χ0) is 24.0. The molecule has 0 aromatic heterocycles. The van der Waals surface area contributed by atoms with Crippen molar-refractivity contribution in [3.63, 3.8) is 0 Å². The Kier molecular flexibility index (Phi) is 7.88. The van der Waals surface area contributed by atoms with Crippen LogP contribution >= 0.6 is 15.9 Å². The van der Waals surface area contributed by atoms with E-state index in [1.54, 1.807) is 48.5 Å². The van der Waals surface area contributed by atoms with E-state index in [0.29, 0.717) is 15.8 Å². The van der Waals surface area contributed by atoms with Crippen molar-refractivity contribution < 1.29 is 18.0 Å². The summed E-state index contributed by atoms with van der Waals surface area (Å²) in [5.41, 5.74) is 1.87. The normalized spacial score (nSPS) is 12.0. The molecule has 0 bridgehead atoms. The fourth-order valence-electron chi connectivity index (χ4n) is 3.24. The molecule has 0 spiro atoms. The van der Waals surface area contributed by atoms with Crippen LogP contribution in [0, 0.1) is 0 Å². The third-order valence-corrected chi connectivity index (χ3v) is 6.51. The van der Waals surface area contributed by atoms with Crippen LogP contribution in [0.1, 0.15) is 28.9 Å². The summed E-state index contributed by atoms with van der Waals surface area (Å²) in [4.78, 5) is 25.7. The molecular formula is C24H24BrN3O4S. The number of halogens is 1. The van der Waals surface area contributed by atoms with Crippen molar-refractivity contribution in [3.05, 3.63) is 94.5 Å². The molecule has 172 valence electrons. The van der Waals surface area contributed by atoms with E-state index in [4.69, 9.17) is 0 Å². The number of nitrogens with one attached hydrogen (secondary N) is 2. The van der Waals surface area contributed by atoms with Gasteiger partial charge in [-0.05, 0) is 42.8 Å². The Labute approximate surface area is 202 Å². The van der Waals surface area contributed by atoms with Crippen molar-refractivity contribution in [2.75, 3.05) is 22.4 Å². The number of nitrogens with zero attached hydrogens (tertiary/aromatic N) is 1. The minimum Gasteiger partial charge on any atom is -0.345 e. The van der Waals surface area contributed by atoms with Gasteiger partial charge in [-0.1, -0.05) is 64.5 Å². The number of hydrogen-bond donors (Lipinski definition) is 2. The molecule has 1 atom stereocenters. The lowest BCUT2D eigenvalue weighted by molar-refractivity contribution is -0.114. The molecule has 9 heteroatoms. The van der Waals surface area contributed by atoms with Gasteiger partial charge in [0.15, 0.2) is 0 Å². The van der Waals surface area contributed by atoms with E-state index in [1.165, 1.54) is 0 Å². The highest BCUT2D eigenvalue weighted by Gasteiger charge is 2.22. The molecule has 0 aliphatic carbocycles. The van der Waals surface area contributed by atoms with E-state index < -0.39 is 22.5 Å². The van der Waals surface area contributed by atoms with Gasteiger partial charge >= 0.3 is 0 Å². The van der Waals surface area contributed by atoms with Crippen LogP contribution in [0.15, 0.2) is 83.3 Å². The monoisotopic (exact) mass is 529 g/mol. The third-order valence-electron chi connectivity index (χ3n) is 4.88. The maximum atomic E-state index is 12.9. The molecule has 0 aliphatic rings. The van der Waals surface area contributed by atoms with Crippen LogP contribution in [0.25, 0.3) is 0 Å². The zero-order valence-electron chi connectivity index (χ0n) is 18.2. The molecule has 2 N–H and O–H groups in total. The quantitative estimate of drug-likeness (QED) is 0.453. The van der Waals surface area contributed by atoms with Crippen molar-refractivity contribution in [3.8, 4) is 0 Å². The molecule has 0 saturated heterocycles. The molecule has 0 aliphatic heterocycles. The molecule has 0 saturated carbocycles. The molecule has 33 heavy (non-hydrogen) atoms. The van der Waals surface area contributed by atoms with Crippen LogP contribution in [-0.2, 0) is 14.8 Å². The van der Waals surface area contributed by atoms with Gasteiger partial charge in [-0.25, -0.2) is 8.42 Å². The van der Waals surface area contributed by atoms with Gasteiger partial charge in [0.1, 0.15) is 6.54 Å². The number of amides is 2. The first-order valence-corrected chi connectivity index (χ1v) is 12.8. The summed E-state index contributed by atoms with van der Waals surface area (Å²) in [5.74, 6) is -0.925. The summed E-state index contributed by atoms with van der Waals surface area (Å²) < 4.78 is 26.3. The van der Waals surface area contributed by atoms with Crippen LogP contribution in [0.2, 0.25) is 0 Å². The van der Waals surface area contributed by atoms with Crippen molar-refractivity contribution in [2.45, 2.75) is 13.0 Å². The minimum absolute atomic E-state index is 0.236. The van der Waals surface area contributed by atoms with Crippen molar-refractivity contribution in [1.82, 2.24) is 5.32 Å². The summed E-state index contributed by atoms with van der Waals surface area (Å²) in [6.07, 6.45) is 1.04. The zero-order valence-corrected chi connectivity index (χ0v) is 20.6. The summed E-state index contributed by atoms with van der Waals surface area (Å²) in [5, 5.41) is 5.60. The fraction of sp³-hybridized carbons (Fsp3) is 0.167. The molecule has 3 aromatic carbocycles. The second-order valence-corrected chi connectivity index (χ2v) is 10.3. The van der Waals surface area contributed by atoms with Gasteiger partial charge in [0.2, 0.25) is 15.9 Å². The predicted molar refractivity (Wildman–Crippen MR) is 134 cm³/mol. The largest absolute Gasteiger partial charge is 0.345 e. The Morgan fingerprint density at radius 1 is 0.970 bits per heavy atom. The fourth-order valence-corrected chi connectivity index (χ4v) is 4.48. The molecule has 1 unspecified atom stereocenters. The maximum Gasteiger partial charge on any atom is 0.253 e. The molecule has 0 radical (unpaired) electrons. The van der Waals surface area contributed by atoms with E-state index in [9.17, 15) is 18.0 Å². The van der Waals surface area contributed by atoms with E-state index in [-0.39, 0.29) is 17.5 Å². The standard InChI is InChI=1S/C24H24BrN3O4S/c1-17(18-9-4-3-5-10-18)26-24(30)21-13-6-7-14-22(21)27-23(29)16-28(33(2,31)32)20-12-8-11-19(25)15-20/h3-15,17H,16H2,1-2H3,(H,26,30)(H,27,29).